The molecule has 2 aliphatic rings. The van der Waals surface area contributed by atoms with Crippen LogP contribution in [-0.2, 0) is 4.79 Å². The van der Waals surface area contributed by atoms with Crippen LogP contribution in [0.15, 0.2) is 73.4 Å². The number of nitrogens with zero attached hydrogens (tertiary/aromatic N) is 4. The summed E-state index contributed by atoms with van der Waals surface area (Å²) in [5, 5.41) is 6.58. The Morgan fingerprint density at radius 2 is 2.00 bits per heavy atom. The van der Waals surface area contributed by atoms with Crippen molar-refractivity contribution in [3.8, 4) is 11.6 Å². The van der Waals surface area contributed by atoms with Crippen LogP contribution in [-0.4, -0.2) is 51.8 Å². The van der Waals surface area contributed by atoms with Crippen LogP contribution in [0.3, 0.4) is 0 Å². The third kappa shape index (κ3) is 4.68. The van der Waals surface area contributed by atoms with Crippen LogP contribution in [0.5, 0.6) is 11.6 Å². The molecule has 1 saturated heterocycles. The minimum atomic E-state index is -0.452. The number of rotatable bonds is 6. The first-order valence-electron chi connectivity index (χ1n) is 12.5. The van der Waals surface area contributed by atoms with Crippen LogP contribution < -0.4 is 20.3 Å². The highest BCUT2D eigenvalue weighted by Crippen LogP contribution is 2.45. The first-order valence-corrected chi connectivity index (χ1v) is 13.3. The zero-order valence-electron chi connectivity index (χ0n) is 20.8. The van der Waals surface area contributed by atoms with Crippen molar-refractivity contribution in [3.05, 3.63) is 78.3 Å². The topological polar surface area (TPSA) is 117 Å². The third-order valence-corrected chi connectivity index (χ3v) is 7.70. The summed E-state index contributed by atoms with van der Waals surface area (Å²) in [6.07, 6.45) is 4.42. The fourth-order valence-electron chi connectivity index (χ4n) is 4.84. The second-order valence-corrected chi connectivity index (χ2v) is 10.1. The lowest BCUT2D eigenvalue weighted by Crippen LogP contribution is -2.49. The van der Waals surface area contributed by atoms with Gasteiger partial charge in [0.05, 0.1) is 16.8 Å². The van der Waals surface area contributed by atoms with Gasteiger partial charge in [0, 0.05) is 31.4 Å². The summed E-state index contributed by atoms with van der Waals surface area (Å²) in [7, 11) is 0. The number of carbonyl (C=O) groups is 3. The smallest absolute Gasteiger partial charge is 0.332 e. The number of hydrogen-bond donors (Lipinski definition) is 2. The van der Waals surface area contributed by atoms with E-state index in [0.717, 1.165) is 12.8 Å². The zero-order valence-corrected chi connectivity index (χ0v) is 21.6. The molecule has 0 radical (unpaired) electrons. The van der Waals surface area contributed by atoms with E-state index in [2.05, 4.69) is 27.2 Å². The molecule has 3 aromatic heterocycles. The van der Waals surface area contributed by atoms with Gasteiger partial charge in [0.25, 0.3) is 5.91 Å². The summed E-state index contributed by atoms with van der Waals surface area (Å²) in [6.45, 7) is 4.60. The maximum absolute atomic E-state index is 13.4. The van der Waals surface area contributed by atoms with E-state index in [1.165, 1.54) is 22.3 Å². The molecule has 10 nitrogen and oxygen atoms in total. The molecule has 0 spiro atoms. The van der Waals surface area contributed by atoms with Gasteiger partial charge in [-0.2, -0.15) is 4.98 Å². The molecule has 4 aromatic rings. The average molecular weight is 541 g/mol. The van der Waals surface area contributed by atoms with Crippen LogP contribution >= 0.6 is 11.3 Å². The Kier molecular flexibility index (Phi) is 6.41. The highest BCUT2D eigenvalue weighted by molar-refractivity contribution is 7.21. The normalized spacial score (nSPS) is 16.5. The van der Waals surface area contributed by atoms with E-state index in [4.69, 9.17) is 4.74 Å². The van der Waals surface area contributed by atoms with E-state index in [-0.39, 0.29) is 17.9 Å². The molecular formula is C28H24N6O4S. The van der Waals surface area contributed by atoms with Crippen LogP contribution in [0.2, 0.25) is 0 Å². The van der Waals surface area contributed by atoms with Crippen molar-refractivity contribution in [3.63, 3.8) is 0 Å². The van der Waals surface area contributed by atoms with Gasteiger partial charge >= 0.3 is 6.03 Å². The lowest BCUT2D eigenvalue weighted by molar-refractivity contribution is -0.127. The van der Waals surface area contributed by atoms with Gasteiger partial charge in [0.2, 0.25) is 11.8 Å². The van der Waals surface area contributed by atoms with E-state index in [0.29, 0.717) is 57.0 Å². The number of thiophene rings is 1. The summed E-state index contributed by atoms with van der Waals surface area (Å²) >= 11 is 1.21. The molecule has 0 saturated carbocycles. The van der Waals surface area contributed by atoms with Gasteiger partial charge in [-0.3, -0.25) is 9.59 Å². The zero-order chi connectivity index (χ0) is 26.9. The monoisotopic (exact) mass is 540 g/mol. The second-order valence-electron chi connectivity index (χ2n) is 9.13. The Morgan fingerprint density at radius 1 is 1.15 bits per heavy atom. The lowest BCUT2D eigenvalue weighted by Gasteiger charge is -2.32. The molecule has 1 fully saturated rings. The molecule has 196 valence electrons. The lowest BCUT2D eigenvalue weighted by atomic mass is 10.1. The predicted molar refractivity (Wildman–Crippen MR) is 149 cm³/mol. The van der Waals surface area contributed by atoms with E-state index in [1.807, 2.05) is 30.3 Å². The Balaban J connectivity index is 1.30. The Labute approximate surface area is 227 Å². The van der Waals surface area contributed by atoms with E-state index in [1.54, 1.807) is 35.4 Å². The fourth-order valence-corrected chi connectivity index (χ4v) is 5.86. The first-order chi connectivity index (χ1) is 19.0. The molecule has 2 N–H and O–H groups in total. The molecular weight excluding hydrogens is 516 g/mol. The van der Waals surface area contributed by atoms with Crippen molar-refractivity contribution in [2.75, 3.05) is 23.3 Å². The van der Waals surface area contributed by atoms with Crippen LogP contribution in [0, 0.1) is 0 Å². The number of benzene rings is 1. The molecule has 4 amide bonds. The number of carbonyl (C=O) groups excluding carboxylic acids is 3. The van der Waals surface area contributed by atoms with Crippen LogP contribution in [0.4, 0.5) is 22.0 Å². The van der Waals surface area contributed by atoms with Gasteiger partial charge in [-0.1, -0.05) is 30.8 Å². The number of ether oxygens (including phenoxy) is 1. The molecule has 6 rings (SSSR count). The van der Waals surface area contributed by atoms with Crippen molar-refractivity contribution < 1.29 is 19.1 Å². The Bertz CT molecular complexity index is 1600. The average Bonchev–Trinajstić information content (AvgIpc) is 3.33. The maximum atomic E-state index is 13.4. The van der Waals surface area contributed by atoms with Gasteiger partial charge in [-0.05, 0) is 43.2 Å². The van der Waals surface area contributed by atoms with Crippen molar-refractivity contribution >= 4 is 56.6 Å². The predicted octanol–water partition coefficient (Wildman–Crippen LogP) is 5.07. The number of urea groups is 1. The fraction of sp³-hybridized carbons (Fsp3) is 0.179. The van der Waals surface area contributed by atoms with Gasteiger partial charge in [0.1, 0.15) is 21.3 Å². The van der Waals surface area contributed by atoms with Crippen molar-refractivity contribution in [1.29, 1.82) is 0 Å². The second kappa shape index (κ2) is 10.2. The molecule has 0 unspecified atom stereocenters. The molecule has 1 aromatic carbocycles. The van der Waals surface area contributed by atoms with E-state index >= 15 is 0 Å². The summed E-state index contributed by atoms with van der Waals surface area (Å²) in [5.74, 6) is 0.859. The number of aromatic nitrogens is 2. The summed E-state index contributed by atoms with van der Waals surface area (Å²) < 4.78 is 5.86. The Hall–Kier alpha value is -4.77. The number of likely N-dealkylation sites (tertiary alicyclic amines) is 1. The molecule has 5 heterocycles. The number of para-hydroxylation sites is 1. The van der Waals surface area contributed by atoms with Crippen LogP contribution in [0.1, 0.15) is 22.5 Å². The van der Waals surface area contributed by atoms with Gasteiger partial charge in [-0.25, -0.2) is 14.7 Å². The van der Waals surface area contributed by atoms with Gasteiger partial charge < -0.3 is 20.3 Å². The minimum absolute atomic E-state index is 0.154. The number of hydrogen-bond acceptors (Lipinski definition) is 7. The largest absolute Gasteiger partial charge is 0.439 e. The molecule has 39 heavy (non-hydrogen) atoms. The molecule has 0 aliphatic carbocycles. The number of amides is 4. The number of pyridine rings is 2. The molecule has 11 heteroatoms. The number of nitrogens with one attached hydrogen (secondary N) is 2. The SMILES string of the molecule is C=CC(=O)N1CCC[C@@H](NC(=O)c2sc3nccc4c3c2NC(=O)N4c2cccc(Oc3ccccc3)n2)C1. The molecule has 2 aliphatic heterocycles. The quantitative estimate of drug-likeness (QED) is 0.330. The number of anilines is 3. The standard InChI is InChI=1S/C28H24N6O4S/c1-2-22(35)33-15-7-8-17(16-33)30-26(36)25-24-23-19(13-14-29-27(23)39-25)34(28(37)32-24)20-11-6-12-21(31-20)38-18-9-4-3-5-10-18/h2-6,9-14,17H,1,7-8,15-16H2,(H,30,36)(H,32,37)/t17-/m1/s1. The van der Waals surface area contributed by atoms with E-state index in [9.17, 15) is 14.4 Å². The van der Waals surface area contributed by atoms with Crippen molar-refractivity contribution in [1.82, 2.24) is 20.2 Å². The third-order valence-electron chi connectivity index (χ3n) is 6.60. The van der Waals surface area contributed by atoms with Gasteiger partial charge in [0.15, 0.2) is 0 Å². The van der Waals surface area contributed by atoms with Crippen LogP contribution in [0.25, 0.3) is 10.2 Å². The maximum Gasteiger partial charge on any atom is 0.332 e. The van der Waals surface area contributed by atoms with Gasteiger partial charge in [-0.15, -0.1) is 11.3 Å². The van der Waals surface area contributed by atoms with Crippen molar-refractivity contribution in [2.24, 2.45) is 0 Å². The Morgan fingerprint density at radius 3 is 2.82 bits per heavy atom. The molecule has 0 bridgehead atoms. The molecule has 1 atom stereocenters. The van der Waals surface area contributed by atoms with E-state index < -0.39 is 6.03 Å². The number of piperidine rings is 1. The summed E-state index contributed by atoms with van der Waals surface area (Å²) in [4.78, 5) is 52.0. The first kappa shape index (κ1) is 24.6. The summed E-state index contributed by atoms with van der Waals surface area (Å²) in [5.41, 5.74) is 0.988. The summed E-state index contributed by atoms with van der Waals surface area (Å²) in [6, 6.07) is 15.5. The van der Waals surface area contributed by atoms with Crippen molar-refractivity contribution in [2.45, 2.75) is 18.9 Å². The highest BCUT2D eigenvalue weighted by Gasteiger charge is 2.34. The minimum Gasteiger partial charge on any atom is -0.439 e. The highest BCUT2D eigenvalue weighted by atomic mass is 32.1.